The zero-order valence-corrected chi connectivity index (χ0v) is 18.1. The monoisotopic (exact) mass is 444 g/mol. The Morgan fingerprint density at radius 2 is 1.57 bits per heavy atom. The lowest BCUT2D eigenvalue weighted by Crippen LogP contribution is -2.55. The Kier molecular flexibility index (Phi) is 6.24. The minimum atomic E-state index is -4.47. The molecule has 0 spiro atoms. The van der Waals surface area contributed by atoms with Crippen LogP contribution in [0.25, 0.3) is 0 Å². The average Bonchev–Trinajstić information content (AvgIpc) is 2.65. The number of aromatic nitrogens is 2. The molecule has 4 bridgehead atoms. The lowest BCUT2D eigenvalue weighted by atomic mass is 9.53. The predicted octanol–water partition coefficient (Wildman–Crippen LogP) is 5.72. The van der Waals surface area contributed by atoms with E-state index >= 15 is 0 Å². The van der Waals surface area contributed by atoms with Crippen LogP contribution >= 0.6 is 12.4 Å². The third kappa shape index (κ3) is 4.57. The largest absolute Gasteiger partial charge is 0.433 e. The van der Waals surface area contributed by atoms with E-state index in [2.05, 4.69) is 20.6 Å². The van der Waals surface area contributed by atoms with E-state index in [0.717, 1.165) is 62.7 Å². The van der Waals surface area contributed by atoms with E-state index in [4.69, 9.17) is 0 Å². The molecule has 0 amide bonds. The van der Waals surface area contributed by atoms with Crippen LogP contribution in [0.2, 0.25) is 0 Å². The Morgan fingerprint density at radius 1 is 0.967 bits per heavy atom. The number of hydrogen-bond acceptors (Lipinski definition) is 4. The first kappa shape index (κ1) is 22.1. The van der Waals surface area contributed by atoms with E-state index in [9.17, 15) is 13.2 Å². The first-order valence-electron chi connectivity index (χ1n) is 11.3. The number of anilines is 1. The van der Waals surface area contributed by atoms with Gasteiger partial charge in [0.1, 0.15) is 0 Å². The summed E-state index contributed by atoms with van der Waals surface area (Å²) in [6.45, 7) is 0.178. The second-order valence-electron chi connectivity index (χ2n) is 10.1. The van der Waals surface area contributed by atoms with Crippen molar-refractivity contribution in [3.8, 4) is 0 Å². The maximum absolute atomic E-state index is 13.7. The molecule has 2 N–H and O–H groups in total. The van der Waals surface area contributed by atoms with Crippen LogP contribution in [0.15, 0.2) is 6.20 Å². The van der Waals surface area contributed by atoms with Gasteiger partial charge in [0.05, 0.1) is 0 Å². The summed E-state index contributed by atoms with van der Waals surface area (Å²) >= 11 is 0. The maximum atomic E-state index is 13.7. The van der Waals surface area contributed by atoms with Gasteiger partial charge >= 0.3 is 6.18 Å². The summed E-state index contributed by atoms with van der Waals surface area (Å²) < 4.78 is 41.2. The van der Waals surface area contributed by atoms with Crippen molar-refractivity contribution in [1.82, 2.24) is 15.3 Å². The summed E-state index contributed by atoms with van der Waals surface area (Å²) in [5, 5.41) is 6.69. The van der Waals surface area contributed by atoms with Gasteiger partial charge in [0.25, 0.3) is 0 Å². The molecule has 5 fully saturated rings. The third-order valence-corrected chi connectivity index (χ3v) is 7.73. The van der Waals surface area contributed by atoms with Crippen LogP contribution in [0.4, 0.5) is 19.1 Å². The zero-order valence-electron chi connectivity index (χ0n) is 17.3. The van der Waals surface area contributed by atoms with Crippen molar-refractivity contribution in [2.75, 3.05) is 5.32 Å². The summed E-state index contributed by atoms with van der Waals surface area (Å²) in [6.07, 6.45) is 9.53. The molecule has 0 radical (unpaired) electrons. The molecule has 1 aromatic rings. The Morgan fingerprint density at radius 3 is 2.13 bits per heavy atom. The molecule has 6 rings (SSSR count). The molecule has 0 unspecified atom stereocenters. The van der Waals surface area contributed by atoms with Gasteiger partial charge < -0.3 is 10.6 Å². The molecule has 5 aliphatic carbocycles. The van der Waals surface area contributed by atoms with Crippen molar-refractivity contribution in [2.24, 2.45) is 17.8 Å². The van der Waals surface area contributed by atoms with Gasteiger partial charge in [-0.25, -0.2) is 9.97 Å². The van der Waals surface area contributed by atoms with Gasteiger partial charge in [-0.2, -0.15) is 13.2 Å². The molecular weight excluding hydrogens is 413 g/mol. The van der Waals surface area contributed by atoms with Crippen molar-refractivity contribution >= 4 is 18.4 Å². The summed E-state index contributed by atoms with van der Waals surface area (Å²) in [5.41, 5.74) is -0.735. The highest BCUT2D eigenvalue weighted by Gasteiger charge is 2.51. The highest BCUT2D eigenvalue weighted by atomic mass is 35.5. The third-order valence-electron chi connectivity index (χ3n) is 7.73. The lowest BCUT2D eigenvalue weighted by Gasteiger charge is -2.56. The Bertz CT molecular complexity index is 713. The molecule has 0 atom stereocenters. The predicted molar refractivity (Wildman–Crippen MR) is 113 cm³/mol. The van der Waals surface area contributed by atoms with Crippen molar-refractivity contribution < 1.29 is 13.2 Å². The SMILES string of the molecule is Cl.FC(F)(F)c1nc(NC23CC4CC(CC(C4)C2)C3)ncc1CNC1CCCCC1. The van der Waals surface area contributed by atoms with Crippen molar-refractivity contribution in [2.45, 2.75) is 94.9 Å². The van der Waals surface area contributed by atoms with E-state index in [1.54, 1.807) is 0 Å². The van der Waals surface area contributed by atoms with Crippen LogP contribution < -0.4 is 10.6 Å². The molecule has 5 saturated carbocycles. The molecule has 0 saturated heterocycles. The molecule has 1 aromatic heterocycles. The number of hydrogen-bond donors (Lipinski definition) is 2. The molecule has 1 heterocycles. The summed E-state index contributed by atoms with van der Waals surface area (Å²) in [4.78, 5) is 8.33. The van der Waals surface area contributed by atoms with E-state index in [1.807, 2.05) is 0 Å². The molecule has 4 nitrogen and oxygen atoms in total. The van der Waals surface area contributed by atoms with Crippen molar-refractivity contribution in [1.29, 1.82) is 0 Å². The Balaban J connectivity index is 0.00000218. The second kappa shape index (κ2) is 8.45. The van der Waals surface area contributed by atoms with Gasteiger partial charge in [-0.05, 0) is 69.1 Å². The summed E-state index contributed by atoms with van der Waals surface area (Å²) in [5.74, 6) is 2.31. The van der Waals surface area contributed by atoms with Crippen LogP contribution in [0, 0.1) is 17.8 Å². The van der Waals surface area contributed by atoms with Gasteiger partial charge in [-0.15, -0.1) is 12.4 Å². The molecule has 5 aliphatic rings. The molecule has 30 heavy (non-hydrogen) atoms. The number of nitrogens with one attached hydrogen (secondary N) is 2. The Hall–Kier alpha value is -1.08. The first-order chi connectivity index (χ1) is 13.9. The highest BCUT2D eigenvalue weighted by Crippen LogP contribution is 2.56. The fourth-order valence-corrected chi connectivity index (χ4v) is 6.90. The van der Waals surface area contributed by atoms with Gasteiger partial charge in [-0.1, -0.05) is 19.3 Å². The molecular formula is C22H32ClF3N4. The maximum Gasteiger partial charge on any atom is 0.433 e. The van der Waals surface area contributed by atoms with Crippen LogP contribution in [-0.2, 0) is 12.7 Å². The second-order valence-corrected chi connectivity index (χ2v) is 10.1. The van der Waals surface area contributed by atoms with Crippen LogP contribution in [0.3, 0.4) is 0 Å². The number of alkyl halides is 3. The number of nitrogens with zero attached hydrogens (tertiary/aromatic N) is 2. The zero-order chi connectivity index (χ0) is 20.1. The number of halogens is 4. The smallest absolute Gasteiger partial charge is 0.349 e. The normalized spacial score (nSPS) is 33.4. The van der Waals surface area contributed by atoms with Crippen molar-refractivity contribution in [3.05, 3.63) is 17.5 Å². The molecule has 8 heteroatoms. The van der Waals surface area contributed by atoms with Crippen LogP contribution in [-0.4, -0.2) is 21.5 Å². The van der Waals surface area contributed by atoms with Gasteiger partial charge in [0.2, 0.25) is 5.95 Å². The van der Waals surface area contributed by atoms with Crippen LogP contribution in [0.5, 0.6) is 0 Å². The summed E-state index contributed by atoms with van der Waals surface area (Å²) in [7, 11) is 0. The minimum Gasteiger partial charge on any atom is -0.349 e. The quantitative estimate of drug-likeness (QED) is 0.609. The van der Waals surface area contributed by atoms with Crippen LogP contribution in [0.1, 0.15) is 81.9 Å². The average molecular weight is 445 g/mol. The fraction of sp³-hybridized carbons (Fsp3) is 0.818. The highest BCUT2D eigenvalue weighted by molar-refractivity contribution is 5.85. The fourth-order valence-electron chi connectivity index (χ4n) is 6.90. The van der Waals surface area contributed by atoms with Gasteiger partial charge in [0, 0.05) is 29.9 Å². The summed E-state index contributed by atoms with van der Waals surface area (Å²) in [6, 6.07) is 0.301. The molecule has 0 aromatic carbocycles. The topological polar surface area (TPSA) is 49.8 Å². The minimum absolute atomic E-state index is 0. The molecule has 0 aliphatic heterocycles. The van der Waals surface area contributed by atoms with E-state index in [1.165, 1.54) is 31.9 Å². The first-order valence-corrected chi connectivity index (χ1v) is 11.3. The molecule has 168 valence electrons. The Labute approximate surface area is 182 Å². The van der Waals surface area contributed by atoms with Crippen molar-refractivity contribution in [3.63, 3.8) is 0 Å². The van der Waals surface area contributed by atoms with Gasteiger partial charge in [0.15, 0.2) is 5.69 Å². The lowest BCUT2D eigenvalue weighted by molar-refractivity contribution is -0.141. The standard InChI is InChI=1S/C22H31F3N4.ClH/c23-22(24,25)19-17(12-26-18-4-2-1-3-5-18)13-27-20(28-19)29-21-9-14-6-15(10-21)8-16(7-14)11-21;/h13-16,18,26H,1-12H2,(H,27,28,29);1H. The van der Waals surface area contributed by atoms with E-state index < -0.39 is 11.9 Å². The van der Waals surface area contributed by atoms with E-state index in [-0.39, 0.29) is 36.0 Å². The van der Waals surface area contributed by atoms with Gasteiger partial charge in [-0.3, -0.25) is 0 Å². The number of rotatable bonds is 5. The van der Waals surface area contributed by atoms with E-state index in [0.29, 0.717) is 6.04 Å².